The number of Topliss-reactive ketones (excluding diaryl/α,β-unsaturated/α-hetero) is 1. The molecule has 0 heterocycles. The largest absolute Gasteiger partial charge is 0.295 e. The van der Waals surface area contributed by atoms with E-state index in [9.17, 15) is 13.2 Å². The van der Waals surface area contributed by atoms with Gasteiger partial charge in [-0.1, -0.05) is 42.0 Å². The molecule has 0 aliphatic rings. The zero-order chi connectivity index (χ0) is 16.3. The highest BCUT2D eigenvalue weighted by molar-refractivity contribution is 7.89. The SMILES string of the molecule is CC(=O)c1ccc(S(=O)(=O)NC(C)c2ccc(C)cc2)cc1. The number of rotatable bonds is 5. The van der Waals surface area contributed by atoms with E-state index in [1.807, 2.05) is 31.2 Å². The summed E-state index contributed by atoms with van der Waals surface area (Å²) in [6.07, 6.45) is 0. The molecule has 2 aromatic rings. The van der Waals surface area contributed by atoms with Gasteiger partial charge in [0, 0.05) is 11.6 Å². The molecule has 0 aliphatic carbocycles. The van der Waals surface area contributed by atoms with Crippen molar-refractivity contribution in [2.45, 2.75) is 31.7 Å². The molecule has 0 aliphatic heterocycles. The summed E-state index contributed by atoms with van der Waals surface area (Å²) >= 11 is 0. The van der Waals surface area contributed by atoms with Gasteiger partial charge < -0.3 is 0 Å². The van der Waals surface area contributed by atoms with Crippen LogP contribution in [0.5, 0.6) is 0 Å². The molecular weight excluding hydrogens is 298 g/mol. The van der Waals surface area contributed by atoms with Gasteiger partial charge in [0.05, 0.1) is 4.90 Å². The van der Waals surface area contributed by atoms with E-state index in [1.54, 1.807) is 6.92 Å². The van der Waals surface area contributed by atoms with E-state index in [0.717, 1.165) is 11.1 Å². The van der Waals surface area contributed by atoms with Crippen LogP contribution < -0.4 is 4.72 Å². The van der Waals surface area contributed by atoms with Gasteiger partial charge in [-0.3, -0.25) is 4.79 Å². The minimum Gasteiger partial charge on any atom is -0.295 e. The Labute approximate surface area is 131 Å². The predicted molar refractivity (Wildman–Crippen MR) is 86.4 cm³/mol. The van der Waals surface area contributed by atoms with Crippen molar-refractivity contribution in [1.82, 2.24) is 4.72 Å². The quantitative estimate of drug-likeness (QED) is 0.861. The van der Waals surface area contributed by atoms with Crippen LogP contribution in [-0.2, 0) is 10.0 Å². The molecule has 0 aromatic heterocycles. The van der Waals surface area contributed by atoms with E-state index in [-0.39, 0.29) is 16.7 Å². The van der Waals surface area contributed by atoms with Crippen LogP contribution in [-0.4, -0.2) is 14.2 Å². The van der Waals surface area contributed by atoms with Crippen LogP contribution in [0, 0.1) is 6.92 Å². The molecule has 1 atom stereocenters. The second-order valence-electron chi connectivity index (χ2n) is 5.33. The van der Waals surface area contributed by atoms with Crippen LogP contribution in [0.15, 0.2) is 53.4 Å². The van der Waals surface area contributed by atoms with Crippen molar-refractivity contribution in [2.75, 3.05) is 0 Å². The first-order chi connectivity index (χ1) is 10.3. The fraction of sp³-hybridized carbons (Fsp3) is 0.235. The Hall–Kier alpha value is -1.98. The molecule has 0 saturated carbocycles. The van der Waals surface area contributed by atoms with Gasteiger partial charge in [0.15, 0.2) is 5.78 Å². The number of hydrogen-bond acceptors (Lipinski definition) is 3. The van der Waals surface area contributed by atoms with Crippen molar-refractivity contribution >= 4 is 15.8 Å². The molecule has 2 aromatic carbocycles. The van der Waals surface area contributed by atoms with Crippen LogP contribution >= 0.6 is 0 Å². The third kappa shape index (κ3) is 3.81. The number of ketones is 1. The number of nitrogens with one attached hydrogen (secondary N) is 1. The number of sulfonamides is 1. The van der Waals surface area contributed by atoms with Gasteiger partial charge >= 0.3 is 0 Å². The summed E-state index contributed by atoms with van der Waals surface area (Å²) in [5.74, 6) is -0.0927. The van der Waals surface area contributed by atoms with Crippen LogP contribution in [0.4, 0.5) is 0 Å². The molecule has 0 saturated heterocycles. The van der Waals surface area contributed by atoms with Gasteiger partial charge in [0.2, 0.25) is 10.0 Å². The van der Waals surface area contributed by atoms with E-state index in [1.165, 1.54) is 31.2 Å². The Morgan fingerprint density at radius 2 is 1.55 bits per heavy atom. The molecule has 116 valence electrons. The lowest BCUT2D eigenvalue weighted by Gasteiger charge is -2.15. The predicted octanol–water partition coefficient (Wildman–Crippen LogP) is 3.24. The van der Waals surface area contributed by atoms with Crippen molar-refractivity contribution in [3.8, 4) is 0 Å². The van der Waals surface area contributed by atoms with Crippen LogP contribution in [0.3, 0.4) is 0 Å². The smallest absolute Gasteiger partial charge is 0.241 e. The van der Waals surface area contributed by atoms with Gasteiger partial charge in [0.1, 0.15) is 0 Å². The van der Waals surface area contributed by atoms with Crippen molar-refractivity contribution in [3.05, 3.63) is 65.2 Å². The Kier molecular flexibility index (Phi) is 4.78. The maximum Gasteiger partial charge on any atom is 0.241 e. The summed E-state index contributed by atoms with van der Waals surface area (Å²) in [5.41, 5.74) is 2.51. The van der Waals surface area contributed by atoms with Crippen molar-refractivity contribution in [1.29, 1.82) is 0 Å². The summed E-state index contributed by atoms with van der Waals surface area (Å²) in [4.78, 5) is 11.4. The first-order valence-electron chi connectivity index (χ1n) is 6.99. The molecule has 2 rings (SSSR count). The monoisotopic (exact) mass is 317 g/mol. The molecule has 0 radical (unpaired) electrons. The van der Waals surface area contributed by atoms with Crippen molar-refractivity contribution in [2.24, 2.45) is 0 Å². The molecule has 4 nitrogen and oxygen atoms in total. The lowest BCUT2D eigenvalue weighted by molar-refractivity contribution is 0.101. The number of carbonyl (C=O) groups excluding carboxylic acids is 1. The van der Waals surface area contributed by atoms with Gasteiger partial charge in [0.25, 0.3) is 0 Å². The highest BCUT2D eigenvalue weighted by Gasteiger charge is 2.18. The molecular formula is C17H19NO3S. The van der Waals surface area contributed by atoms with E-state index < -0.39 is 10.0 Å². The Bertz CT molecular complexity index is 763. The number of aryl methyl sites for hydroxylation is 1. The highest BCUT2D eigenvalue weighted by atomic mass is 32.2. The fourth-order valence-corrected chi connectivity index (χ4v) is 3.32. The average molecular weight is 317 g/mol. The minimum absolute atomic E-state index is 0.0927. The zero-order valence-electron chi connectivity index (χ0n) is 12.8. The summed E-state index contributed by atoms with van der Waals surface area (Å²) < 4.78 is 27.4. The summed E-state index contributed by atoms with van der Waals surface area (Å²) in [6, 6.07) is 13.3. The molecule has 1 unspecified atom stereocenters. The van der Waals surface area contributed by atoms with Gasteiger partial charge in [-0.05, 0) is 38.5 Å². The molecule has 1 N–H and O–H groups in total. The standard InChI is InChI=1S/C17H19NO3S/c1-12-4-6-15(7-5-12)13(2)18-22(20,21)17-10-8-16(9-11-17)14(3)19/h4-11,13,18H,1-3H3. The highest BCUT2D eigenvalue weighted by Crippen LogP contribution is 2.18. The first-order valence-corrected chi connectivity index (χ1v) is 8.48. The third-order valence-electron chi connectivity index (χ3n) is 3.48. The maximum absolute atomic E-state index is 12.4. The normalized spacial score (nSPS) is 12.9. The van der Waals surface area contributed by atoms with E-state index in [2.05, 4.69) is 4.72 Å². The summed E-state index contributed by atoms with van der Waals surface area (Å²) in [5, 5.41) is 0. The number of carbonyl (C=O) groups is 1. The second kappa shape index (κ2) is 6.42. The summed E-state index contributed by atoms with van der Waals surface area (Å²) in [6.45, 7) is 5.22. The van der Waals surface area contributed by atoms with Crippen LogP contribution in [0.2, 0.25) is 0 Å². The zero-order valence-corrected chi connectivity index (χ0v) is 13.6. The number of hydrogen-bond donors (Lipinski definition) is 1. The van der Waals surface area contributed by atoms with Gasteiger partial charge in [-0.2, -0.15) is 0 Å². The Morgan fingerprint density at radius 3 is 2.05 bits per heavy atom. The maximum atomic E-state index is 12.4. The number of benzene rings is 2. The molecule has 0 amide bonds. The topological polar surface area (TPSA) is 63.2 Å². The van der Waals surface area contributed by atoms with E-state index in [4.69, 9.17) is 0 Å². The Balaban J connectivity index is 2.19. The van der Waals surface area contributed by atoms with E-state index in [0.29, 0.717) is 5.56 Å². The molecule has 0 fully saturated rings. The fourth-order valence-electron chi connectivity index (χ4n) is 2.09. The average Bonchev–Trinajstić information content (AvgIpc) is 2.47. The van der Waals surface area contributed by atoms with Crippen LogP contribution in [0.1, 0.15) is 41.4 Å². The minimum atomic E-state index is -3.62. The summed E-state index contributed by atoms with van der Waals surface area (Å²) in [7, 11) is -3.62. The van der Waals surface area contributed by atoms with E-state index >= 15 is 0 Å². The lowest BCUT2D eigenvalue weighted by Crippen LogP contribution is -2.26. The molecule has 0 spiro atoms. The molecule has 22 heavy (non-hydrogen) atoms. The van der Waals surface area contributed by atoms with Crippen molar-refractivity contribution < 1.29 is 13.2 Å². The lowest BCUT2D eigenvalue weighted by atomic mass is 10.1. The Morgan fingerprint density at radius 1 is 1.00 bits per heavy atom. The first kappa shape index (κ1) is 16.4. The van der Waals surface area contributed by atoms with Crippen LogP contribution in [0.25, 0.3) is 0 Å². The molecule has 5 heteroatoms. The second-order valence-corrected chi connectivity index (χ2v) is 7.05. The third-order valence-corrected chi connectivity index (χ3v) is 5.04. The van der Waals surface area contributed by atoms with Gasteiger partial charge in [-0.25, -0.2) is 13.1 Å². The van der Waals surface area contributed by atoms with Gasteiger partial charge in [-0.15, -0.1) is 0 Å². The molecule has 0 bridgehead atoms. The van der Waals surface area contributed by atoms with Crippen molar-refractivity contribution in [3.63, 3.8) is 0 Å².